The van der Waals surface area contributed by atoms with Crippen molar-refractivity contribution < 1.29 is 9.59 Å². The molecule has 3 N–H and O–H groups in total. The molecule has 0 aliphatic heterocycles. The highest BCUT2D eigenvalue weighted by atomic mass is 35.5. The second-order valence-electron chi connectivity index (χ2n) is 4.97. The van der Waals surface area contributed by atoms with Crippen LogP contribution in [0.3, 0.4) is 0 Å². The Kier molecular flexibility index (Phi) is 7.37. The number of halogens is 1. The number of anilines is 2. The lowest BCUT2D eigenvalue weighted by Crippen LogP contribution is -2.28. The van der Waals surface area contributed by atoms with E-state index in [2.05, 4.69) is 22.5 Å². The SMILES string of the molecule is C=CCNC(=O)Nc1ccc(NC(=O)CSc2ccccc2Cl)cc1. The van der Waals surface area contributed by atoms with Crippen LogP contribution in [-0.4, -0.2) is 24.2 Å². The molecule has 0 saturated carbocycles. The topological polar surface area (TPSA) is 70.2 Å². The van der Waals surface area contributed by atoms with Gasteiger partial charge in [-0.25, -0.2) is 4.79 Å². The van der Waals surface area contributed by atoms with Crippen LogP contribution < -0.4 is 16.0 Å². The largest absolute Gasteiger partial charge is 0.334 e. The van der Waals surface area contributed by atoms with Crippen molar-refractivity contribution in [2.24, 2.45) is 0 Å². The molecule has 25 heavy (non-hydrogen) atoms. The molecule has 0 aliphatic carbocycles. The van der Waals surface area contributed by atoms with Crippen LogP contribution in [0.2, 0.25) is 5.02 Å². The molecule has 0 bridgehead atoms. The van der Waals surface area contributed by atoms with Crippen molar-refractivity contribution in [1.29, 1.82) is 0 Å². The quantitative estimate of drug-likeness (QED) is 0.497. The first-order valence-corrected chi connectivity index (χ1v) is 8.88. The smallest absolute Gasteiger partial charge is 0.319 e. The summed E-state index contributed by atoms with van der Waals surface area (Å²) in [6, 6.07) is 13.9. The third kappa shape index (κ3) is 6.52. The molecule has 0 unspecified atom stereocenters. The number of amides is 3. The van der Waals surface area contributed by atoms with E-state index >= 15 is 0 Å². The summed E-state index contributed by atoms with van der Waals surface area (Å²) in [7, 11) is 0. The van der Waals surface area contributed by atoms with Gasteiger partial charge in [0.05, 0.1) is 10.8 Å². The molecular formula is C18H18ClN3O2S. The van der Waals surface area contributed by atoms with E-state index in [0.717, 1.165) is 4.90 Å². The number of carbonyl (C=O) groups is 2. The van der Waals surface area contributed by atoms with Gasteiger partial charge in [-0.3, -0.25) is 4.79 Å². The van der Waals surface area contributed by atoms with E-state index in [1.807, 2.05) is 18.2 Å². The van der Waals surface area contributed by atoms with Gasteiger partial charge in [-0.05, 0) is 36.4 Å². The lowest BCUT2D eigenvalue weighted by Gasteiger charge is -2.08. The van der Waals surface area contributed by atoms with Crippen molar-refractivity contribution in [3.05, 3.63) is 66.2 Å². The normalized spacial score (nSPS) is 9.96. The van der Waals surface area contributed by atoms with Crippen molar-refractivity contribution in [1.82, 2.24) is 5.32 Å². The Hall–Kier alpha value is -2.44. The molecule has 130 valence electrons. The minimum Gasteiger partial charge on any atom is -0.334 e. The maximum atomic E-state index is 12.0. The van der Waals surface area contributed by atoms with Crippen molar-refractivity contribution in [2.45, 2.75) is 4.90 Å². The fourth-order valence-corrected chi connectivity index (χ4v) is 2.92. The second kappa shape index (κ2) is 9.76. The average Bonchev–Trinajstić information content (AvgIpc) is 2.61. The number of hydrogen-bond donors (Lipinski definition) is 3. The summed E-state index contributed by atoms with van der Waals surface area (Å²) in [5.74, 6) is 0.127. The Morgan fingerprint density at radius 1 is 1.04 bits per heavy atom. The number of nitrogens with one attached hydrogen (secondary N) is 3. The van der Waals surface area contributed by atoms with E-state index in [0.29, 0.717) is 22.9 Å². The number of rotatable bonds is 7. The van der Waals surface area contributed by atoms with Crippen LogP contribution in [0.25, 0.3) is 0 Å². The van der Waals surface area contributed by atoms with Crippen molar-refractivity contribution in [3.63, 3.8) is 0 Å². The first kappa shape index (κ1) is 18.9. The molecule has 0 fully saturated rings. The van der Waals surface area contributed by atoms with Gasteiger partial charge >= 0.3 is 6.03 Å². The van der Waals surface area contributed by atoms with Crippen LogP contribution in [0.1, 0.15) is 0 Å². The van der Waals surface area contributed by atoms with E-state index < -0.39 is 0 Å². The highest BCUT2D eigenvalue weighted by Crippen LogP contribution is 2.26. The number of thioether (sulfide) groups is 1. The van der Waals surface area contributed by atoms with Crippen LogP contribution in [0.15, 0.2) is 66.1 Å². The molecule has 0 radical (unpaired) electrons. The lowest BCUT2D eigenvalue weighted by atomic mass is 10.3. The maximum absolute atomic E-state index is 12.0. The van der Waals surface area contributed by atoms with Crippen LogP contribution in [0.5, 0.6) is 0 Å². The number of carbonyl (C=O) groups excluding carboxylic acids is 2. The van der Waals surface area contributed by atoms with Crippen molar-refractivity contribution >= 4 is 46.7 Å². The lowest BCUT2D eigenvalue weighted by molar-refractivity contribution is -0.113. The maximum Gasteiger partial charge on any atom is 0.319 e. The molecule has 2 aromatic rings. The highest BCUT2D eigenvalue weighted by Gasteiger charge is 2.06. The number of benzene rings is 2. The van der Waals surface area contributed by atoms with E-state index in [-0.39, 0.29) is 17.7 Å². The predicted molar refractivity (Wildman–Crippen MR) is 104 cm³/mol. The summed E-state index contributed by atoms with van der Waals surface area (Å²) < 4.78 is 0. The predicted octanol–water partition coefficient (Wildman–Crippen LogP) is 4.38. The molecule has 2 aromatic carbocycles. The summed E-state index contributed by atoms with van der Waals surface area (Å²) in [5.41, 5.74) is 1.28. The van der Waals surface area contributed by atoms with Crippen LogP contribution in [-0.2, 0) is 4.79 Å². The molecule has 7 heteroatoms. The van der Waals surface area contributed by atoms with Gasteiger partial charge in [-0.15, -0.1) is 18.3 Å². The van der Waals surface area contributed by atoms with Crippen molar-refractivity contribution in [3.8, 4) is 0 Å². The van der Waals surface area contributed by atoms with Crippen LogP contribution in [0, 0.1) is 0 Å². The Morgan fingerprint density at radius 2 is 1.68 bits per heavy atom. The molecule has 3 amide bonds. The molecule has 0 aromatic heterocycles. The van der Waals surface area contributed by atoms with Gasteiger partial charge in [0, 0.05) is 22.8 Å². The molecule has 0 saturated heterocycles. The van der Waals surface area contributed by atoms with Gasteiger partial charge in [0.15, 0.2) is 0 Å². The standard InChI is InChI=1S/C18H18ClN3O2S/c1-2-11-20-18(24)22-14-9-7-13(8-10-14)21-17(23)12-25-16-6-4-3-5-15(16)19/h2-10H,1,11-12H2,(H,21,23)(H2,20,22,24). The first-order valence-electron chi connectivity index (χ1n) is 7.51. The first-order chi connectivity index (χ1) is 12.1. The third-order valence-electron chi connectivity index (χ3n) is 3.03. The monoisotopic (exact) mass is 375 g/mol. The Bertz CT molecular complexity index is 750. The fraction of sp³-hybridized carbons (Fsp3) is 0.111. The summed E-state index contributed by atoms with van der Waals surface area (Å²) in [6.07, 6.45) is 1.60. The van der Waals surface area contributed by atoms with Gasteiger partial charge < -0.3 is 16.0 Å². The summed E-state index contributed by atoms with van der Waals surface area (Å²) in [5, 5.41) is 8.73. The van der Waals surface area contributed by atoms with Crippen LogP contribution >= 0.6 is 23.4 Å². The van der Waals surface area contributed by atoms with Crippen LogP contribution in [0.4, 0.5) is 16.2 Å². The van der Waals surface area contributed by atoms with Gasteiger partial charge in [-0.1, -0.05) is 29.8 Å². The Balaban J connectivity index is 1.82. The van der Waals surface area contributed by atoms with E-state index in [9.17, 15) is 9.59 Å². The molecule has 0 heterocycles. The van der Waals surface area contributed by atoms with Crippen molar-refractivity contribution in [2.75, 3.05) is 22.9 Å². The molecule has 0 spiro atoms. The van der Waals surface area contributed by atoms with Gasteiger partial charge in [0.1, 0.15) is 0 Å². The molecule has 2 rings (SSSR count). The van der Waals surface area contributed by atoms with E-state index in [1.165, 1.54) is 11.8 Å². The molecule has 5 nitrogen and oxygen atoms in total. The highest BCUT2D eigenvalue weighted by molar-refractivity contribution is 8.00. The van der Waals surface area contributed by atoms with E-state index in [4.69, 9.17) is 11.6 Å². The van der Waals surface area contributed by atoms with Gasteiger partial charge in [0.25, 0.3) is 0 Å². The van der Waals surface area contributed by atoms with E-state index in [1.54, 1.807) is 36.4 Å². The van der Waals surface area contributed by atoms with Gasteiger partial charge in [0.2, 0.25) is 5.91 Å². The summed E-state index contributed by atoms with van der Waals surface area (Å²) in [6.45, 7) is 3.92. The summed E-state index contributed by atoms with van der Waals surface area (Å²) >= 11 is 7.44. The average molecular weight is 376 g/mol. The zero-order chi connectivity index (χ0) is 18.1. The summed E-state index contributed by atoms with van der Waals surface area (Å²) in [4.78, 5) is 24.4. The minimum absolute atomic E-state index is 0.130. The Labute approximate surface area is 155 Å². The molecular weight excluding hydrogens is 358 g/mol. The fourth-order valence-electron chi connectivity index (χ4n) is 1.88. The van der Waals surface area contributed by atoms with Gasteiger partial charge in [-0.2, -0.15) is 0 Å². The zero-order valence-electron chi connectivity index (χ0n) is 13.4. The zero-order valence-corrected chi connectivity index (χ0v) is 15.0. The Morgan fingerprint density at radius 3 is 2.32 bits per heavy atom. The second-order valence-corrected chi connectivity index (χ2v) is 6.39. The minimum atomic E-state index is -0.312. The number of hydrogen-bond acceptors (Lipinski definition) is 3. The molecule has 0 aliphatic rings. The number of urea groups is 1. The molecule has 0 atom stereocenters. The third-order valence-corrected chi connectivity index (χ3v) is 4.54.